The molecule has 0 radical (unpaired) electrons. The van der Waals surface area contributed by atoms with E-state index in [9.17, 15) is 13.2 Å². The second-order valence-electron chi connectivity index (χ2n) is 8.43. The molecule has 174 valence electrons. The molecule has 0 bridgehead atoms. The normalized spacial score (nSPS) is 18.3. The third-order valence-electron chi connectivity index (χ3n) is 6.41. The molecular weight excluding hydrogens is 429 g/mol. The zero-order valence-corrected chi connectivity index (χ0v) is 18.5. The first kappa shape index (κ1) is 23.3. The molecule has 0 atom stereocenters. The maximum absolute atomic E-state index is 14.7. The minimum Gasteiger partial charge on any atom is -0.497 e. The second-order valence-corrected chi connectivity index (χ2v) is 8.43. The van der Waals surface area contributed by atoms with E-state index in [1.165, 1.54) is 13.2 Å². The standard InChI is InChI=1S/C27H27F3O3/c1-32-22-11-13-23(25(28)14-22)18-6-9-21(10-7-18)33-16-20-8-12-24(27(30)26(20)29)19-4-2-17(15-31)3-5-19/h2-5,8,11-14,18,21,31H,6-7,9-10,15-16H2,1H3. The van der Waals surface area contributed by atoms with Crippen LogP contribution in [0.2, 0.25) is 0 Å². The van der Waals surface area contributed by atoms with Gasteiger partial charge in [-0.05, 0) is 54.4 Å². The Morgan fingerprint density at radius 2 is 1.61 bits per heavy atom. The van der Waals surface area contributed by atoms with Crippen molar-refractivity contribution in [3.05, 3.63) is 88.7 Å². The third-order valence-corrected chi connectivity index (χ3v) is 6.41. The van der Waals surface area contributed by atoms with Crippen LogP contribution in [0.25, 0.3) is 11.1 Å². The molecule has 0 amide bonds. The van der Waals surface area contributed by atoms with Crippen molar-refractivity contribution in [3.63, 3.8) is 0 Å². The summed E-state index contributed by atoms with van der Waals surface area (Å²) in [7, 11) is 1.51. The molecule has 4 rings (SSSR count). The number of rotatable bonds is 7. The van der Waals surface area contributed by atoms with Crippen molar-refractivity contribution in [2.24, 2.45) is 0 Å². The number of halogens is 3. The van der Waals surface area contributed by atoms with Gasteiger partial charge in [0.2, 0.25) is 0 Å². The molecule has 33 heavy (non-hydrogen) atoms. The van der Waals surface area contributed by atoms with Crippen LogP contribution in [0.5, 0.6) is 5.75 Å². The van der Waals surface area contributed by atoms with E-state index in [1.807, 2.05) is 0 Å². The number of ether oxygens (including phenoxy) is 2. The molecule has 0 aromatic heterocycles. The molecule has 1 aliphatic carbocycles. The van der Waals surface area contributed by atoms with E-state index in [-0.39, 0.29) is 42.2 Å². The van der Waals surface area contributed by atoms with Gasteiger partial charge in [-0.15, -0.1) is 0 Å². The number of methoxy groups -OCH3 is 1. The first-order valence-corrected chi connectivity index (χ1v) is 11.1. The van der Waals surface area contributed by atoms with Crippen LogP contribution >= 0.6 is 0 Å². The first-order chi connectivity index (χ1) is 16.0. The van der Waals surface area contributed by atoms with Crippen LogP contribution in [0.4, 0.5) is 13.2 Å². The molecule has 0 aliphatic heterocycles. The Bertz CT molecular complexity index is 1090. The van der Waals surface area contributed by atoms with Gasteiger partial charge in [-0.25, -0.2) is 13.2 Å². The highest BCUT2D eigenvalue weighted by molar-refractivity contribution is 5.65. The number of benzene rings is 3. The topological polar surface area (TPSA) is 38.7 Å². The number of hydrogen-bond acceptors (Lipinski definition) is 3. The smallest absolute Gasteiger partial charge is 0.167 e. The quantitative estimate of drug-likeness (QED) is 0.440. The average molecular weight is 457 g/mol. The average Bonchev–Trinajstić information content (AvgIpc) is 2.85. The van der Waals surface area contributed by atoms with Gasteiger partial charge in [0.05, 0.1) is 26.4 Å². The molecule has 1 fully saturated rings. The van der Waals surface area contributed by atoms with E-state index in [1.54, 1.807) is 48.5 Å². The maximum Gasteiger partial charge on any atom is 0.167 e. The third kappa shape index (κ3) is 5.23. The molecule has 3 aromatic carbocycles. The Morgan fingerprint density at radius 1 is 0.879 bits per heavy atom. The molecular formula is C27H27F3O3. The van der Waals surface area contributed by atoms with E-state index in [4.69, 9.17) is 14.6 Å². The van der Waals surface area contributed by atoms with Crippen molar-refractivity contribution in [1.29, 1.82) is 0 Å². The number of aliphatic hydroxyl groups excluding tert-OH is 1. The fourth-order valence-electron chi connectivity index (χ4n) is 4.43. The summed E-state index contributed by atoms with van der Waals surface area (Å²) in [5, 5.41) is 9.14. The monoisotopic (exact) mass is 456 g/mol. The molecule has 1 saturated carbocycles. The van der Waals surface area contributed by atoms with Crippen molar-refractivity contribution in [1.82, 2.24) is 0 Å². The Labute approximate surface area is 191 Å². The van der Waals surface area contributed by atoms with E-state index < -0.39 is 11.6 Å². The predicted octanol–water partition coefficient (Wildman–Crippen LogP) is 6.51. The molecule has 3 nitrogen and oxygen atoms in total. The second kappa shape index (κ2) is 10.4. The zero-order valence-electron chi connectivity index (χ0n) is 18.5. The van der Waals surface area contributed by atoms with Crippen LogP contribution in [0.3, 0.4) is 0 Å². The van der Waals surface area contributed by atoms with Crippen LogP contribution in [-0.4, -0.2) is 18.3 Å². The summed E-state index contributed by atoms with van der Waals surface area (Å²) in [5.41, 5.74) is 2.27. The van der Waals surface area contributed by atoms with Crippen LogP contribution in [0.1, 0.15) is 48.3 Å². The van der Waals surface area contributed by atoms with Gasteiger partial charge in [-0.2, -0.15) is 0 Å². The van der Waals surface area contributed by atoms with Crippen molar-refractivity contribution in [2.45, 2.75) is 50.9 Å². The van der Waals surface area contributed by atoms with Gasteiger partial charge in [0.1, 0.15) is 11.6 Å². The van der Waals surface area contributed by atoms with E-state index in [2.05, 4.69) is 0 Å². The van der Waals surface area contributed by atoms with E-state index in [0.29, 0.717) is 22.4 Å². The lowest BCUT2D eigenvalue weighted by Crippen LogP contribution is -2.21. The molecule has 0 spiro atoms. The molecule has 6 heteroatoms. The van der Waals surface area contributed by atoms with Gasteiger partial charge in [-0.1, -0.05) is 42.5 Å². The summed E-state index contributed by atoms with van der Waals surface area (Å²) in [5.74, 6) is -1.47. The minimum atomic E-state index is -0.911. The summed E-state index contributed by atoms with van der Waals surface area (Å²) >= 11 is 0. The fourth-order valence-corrected chi connectivity index (χ4v) is 4.43. The fraction of sp³-hybridized carbons (Fsp3) is 0.333. The summed E-state index contributed by atoms with van der Waals surface area (Å²) in [6, 6.07) is 14.7. The molecule has 0 saturated heterocycles. The Morgan fingerprint density at radius 3 is 2.24 bits per heavy atom. The first-order valence-electron chi connectivity index (χ1n) is 11.1. The molecule has 1 N–H and O–H groups in total. The summed E-state index contributed by atoms with van der Waals surface area (Å²) in [6.07, 6.45) is 2.93. The van der Waals surface area contributed by atoms with Crippen molar-refractivity contribution >= 4 is 0 Å². The van der Waals surface area contributed by atoms with Crippen LogP contribution < -0.4 is 4.74 Å². The Balaban J connectivity index is 1.35. The highest BCUT2D eigenvalue weighted by Crippen LogP contribution is 2.36. The van der Waals surface area contributed by atoms with E-state index >= 15 is 0 Å². The van der Waals surface area contributed by atoms with Crippen LogP contribution in [0, 0.1) is 17.5 Å². The lowest BCUT2D eigenvalue weighted by atomic mass is 9.82. The van der Waals surface area contributed by atoms with Gasteiger partial charge < -0.3 is 14.6 Å². The summed E-state index contributed by atoms with van der Waals surface area (Å²) in [4.78, 5) is 0. The highest BCUT2D eigenvalue weighted by atomic mass is 19.2. The van der Waals surface area contributed by atoms with Crippen molar-refractivity contribution in [2.75, 3.05) is 7.11 Å². The molecule has 3 aromatic rings. The Kier molecular flexibility index (Phi) is 7.36. The van der Waals surface area contributed by atoms with Crippen LogP contribution in [-0.2, 0) is 18.0 Å². The van der Waals surface area contributed by atoms with Gasteiger partial charge in [0, 0.05) is 17.2 Å². The molecule has 0 heterocycles. The largest absolute Gasteiger partial charge is 0.497 e. The molecule has 1 aliphatic rings. The van der Waals surface area contributed by atoms with Crippen LogP contribution in [0.15, 0.2) is 54.6 Å². The van der Waals surface area contributed by atoms with Crippen molar-refractivity contribution in [3.8, 4) is 16.9 Å². The SMILES string of the molecule is COc1ccc(C2CCC(OCc3ccc(-c4ccc(CO)cc4)c(F)c3F)CC2)c(F)c1. The number of aliphatic hydroxyl groups is 1. The van der Waals surface area contributed by atoms with Gasteiger partial charge in [-0.3, -0.25) is 0 Å². The van der Waals surface area contributed by atoms with Gasteiger partial charge in [0.15, 0.2) is 11.6 Å². The van der Waals surface area contributed by atoms with Crippen molar-refractivity contribution < 1.29 is 27.8 Å². The summed E-state index contributed by atoms with van der Waals surface area (Å²) < 4.78 is 54.7. The molecule has 0 unspecified atom stereocenters. The lowest BCUT2D eigenvalue weighted by Gasteiger charge is -2.29. The Hall–Kier alpha value is -2.83. The number of hydrogen-bond donors (Lipinski definition) is 1. The predicted molar refractivity (Wildman–Crippen MR) is 120 cm³/mol. The summed E-state index contributed by atoms with van der Waals surface area (Å²) in [6.45, 7) is -0.122. The van der Waals surface area contributed by atoms with Gasteiger partial charge in [0.25, 0.3) is 0 Å². The lowest BCUT2D eigenvalue weighted by molar-refractivity contribution is 0.0117. The van der Waals surface area contributed by atoms with E-state index in [0.717, 1.165) is 25.7 Å². The highest BCUT2D eigenvalue weighted by Gasteiger charge is 2.25. The minimum absolute atomic E-state index is 0.0152. The zero-order chi connectivity index (χ0) is 23.4. The van der Waals surface area contributed by atoms with Gasteiger partial charge >= 0.3 is 0 Å². The maximum atomic E-state index is 14.7.